The van der Waals surface area contributed by atoms with Crippen LogP contribution in [-0.2, 0) is 4.79 Å². The van der Waals surface area contributed by atoms with E-state index in [1.54, 1.807) is 25.7 Å². The van der Waals surface area contributed by atoms with Crippen molar-refractivity contribution in [3.63, 3.8) is 0 Å². The number of isocyanates is 1. The summed E-state index contributed by atoms with van der Waals surface area (Å²) < 4.78 is 0. The number of nitrogens with one attached hydrogen (secondary N) is 1. The molecule has 2 heteroatoms. The van der Waals surface area contributed by atoms with Crippen molar-refractivity contribution < 1.29 is 4.79 Å². The maximum atomic E-state index is 8.35. The van der Waals surface area contributed by atoms with Crippen LogP contribution in [0.15, 0.2) is 0 Å². The minimum absolute atomic E-state index is 0.750. The van der Waals surface area contributed by atoms with E-state index in [1.165, 1.54) is 38.5 Å². The van der Waals surface area contributed by atoms with Crippen LogP contribution in [-0.4, -0.2) is 6.08 Å². The highest BCUT2D eigenvalue weighted by Gasteiger charge is 2.24. The molecule has 2 aliphatic rings. The lowest BCUT2D eigenvalue weighted by atomic mass is 9.73. The highest BCUT2D eigenvalue weighted by molar-refractivity contribution is 5.26. The van der Waals surface area contributed by atoms with Crippen LogP contribution in [0.2, 0.25) is 0 Å². The van der Waals surface area contributed by atoms with Gasteiger partial charge in [-0.15, -0.1) is 0 Å². The normalized spacial score (nSPS) is 23.7. The molecule has 0 amide bonds. The SMILES string of the molecule is C1CCC(C2CCCCC2)CC1.N=C=O. The molecule has 0 aromatic rings. The summed E-state index contributed by atoms with van der Waals surface area (Å²) in [6.45, 7) is 0. The predicted octanol–water partition coefficient (Wildman–Crippen LogP) is 4.05. The molecule has 15 heavy (non-hydrogen) atoms. The van der Waals surface area contributed by atoms with E-state index in [9.17, 15) is 0 Å². The van der Waals surface area contributed by atoms with Gasteiger partial charge in [-0.2, -0.15) is 0 Å². The molecular formula is C13H23NO. The van der Waals surface area contributed by atoms with Gasteiger partial charge in [-0.25, -0.2) is 10.2 Å². The summed E-state index contributed by atoms with van der Waals surface area (Å²) in [5.41, 5.74) is 0. The van der Waals surface area contributed by atoms with Gasteiger partial charge < -0.3 is 0 Å². The Morgan fingerprint density at radius 3 is 1.27 bits per heavy atom. The van der Waals surface area contributed by atoms with Crippen LogP contribution in [0.25, 0.3) is 0 Å². The molecule has 0 bridgehead atoms. The first-order valence-electron chi connectivity index (χ1n) is 6.42. The molecule has 86 valence electrons. The molecule has 2 aliphatic carbocycles. The van der Waals surface area contributed by atoms with Crippen LogP contribution in [0, 0.1) is 17.2 Å². The summed E-state index contributed by atoms with van der Waals surface area (Å²) >= 11 is 0. The minimum Gasteiger partial charge on any atom is -0.222 e. The van der Waals surface area contributed by atoms with Gasteiger partial charge in [0.1, 0.15) is 0 Å². The maximum Gasteiger partial charge on any atom is 0.231 e. The fourth-order valence-electron chi connectivity index (χ4n) is 3.21. The van der Waals surface area contributed by atoms with Gasteiger partial charge in [-0.1, -0.05) is 64.2 Å². The van der Waals surface area contributed by atoms with E-state index in [-0.39, 0.29) is 0 Å². The highest BCUT2D eigenvalue weighted by atomic mass is 16.1. The summed E-state index contributed by atoms with van der Waals surface area (Å²) in [6, 6.07) is 0. The summed E-state index contributed by atoms with van der Waals surface area (Å²) in [6.07, 6.45) is 16.1. The molecule has 1 N–H and O–H groups in total. The van der Waals surface area contributed by atoms with Crippen molar-refractivity contribution >= 4 is 6.08 Å². The van der Waals surface area contributed by atoms with Crippen molar-refractivity contribution in [2.45, 2.75) is 64.2 Å². The molecule has 0 atom stereocenters. The van der Waals surface area contributed by atoms with E-state index in [1.807, 2.05) is 0 Å². The first kappa shape index (κ1) is 12.4. The Kier molecular flexibility index (Phi) is 6.34. The van der Waals surface area contributed by atoms with Crippen LogP contribution >= 0.6 is 0 Å². The lowest BCUT2D eigenvalue weighted by Crippen LogP contribution is -2.20. The molecule has 0 unspecified atom stereocenters. The van der Waals surface area contributed by atoms with Gasteiger partial charge in [0.2, 0.25) is 6.08 Å². The zero-order chi connectivity index (χ0) is 10.9. The van der Waals surface area contributed by atoms with E-state index >= 15 is 0 Å². The number of carbonyl (C=O) groups excluding carboxylic acids is 1. The quantitative estimate of drug-likeness (QED) is 0.513. The van der Waals surface area contributed by atoms with Gasteiger partial charge in [0.15, 0.2) is 0 Å². The van der Waals surface area contributed by atoms with Gasteiger partial charge in [-0.3, -0.25) is 0 Å². The van der Waals surface area contributed by atoms with E-state index in [2.05, 4.69) is 0 Å². The first-order valence-corrected chi connectivity index (χ1v) is 6.42. The van der Waals surface area contributed by atoms with Crippen LogP contribution in [0.1, 0.15) is 64.2 Å². The summed E-state index contributed by atoms with van der Waals surface area (Å²) in [5, 5.41) is 5.40. The molecule has 2 fully saturated rings. The molecular weight excluding hydrogens is 186 g/mol. The largest absolute Gasteiger partial charge is 0.231 e. The highest BCUT2D eigenvalue weighted by Crippen LogP contribution is 2.37. The fraction of sp³-hybridized carbons (Fsp3) is 0.923. The standard InChI is InChI=1S/C12H22.CHNO/c1-3-7-11(8-4-1)12-9-5-2-6-10-12;2-1-3/h11-12H,1-10H2;2H. The van der Waals surface area contributed by atoms with E-state index in [4.69, 9.17) is 10.2 Å². The fourth-order valence-corrected chi connectivity index (χ4v) is 3.21. The summed E-state index contributed by atoms with van der Waals surface area (Å²) in [7, 11) is 0. The average molecular weight is 209 g/mol. The van der Waals surface area contributed by atoms with Crippen molar-refractivity contribution in [1.82, 2.24) is 0 Å². The Hall–Kier alpha value is -0.620. The van der Waals surface area contributed by atoms with E-state index in [0.717, 1.165) is 17.9 Å². The van der Waals surface area contributed by atoms with Gasteiger partial charge in [0, 0.05) is 0 Å². The number of hydrogen-bond acceptors (Lipinski definition) is 2. The topological polar surface area (TPSA) is 40.9 Å². The molecule has 2 saturated carbocycles. The maximum absolute atomic E-state index is 8.35. The van der Waals surface area contributed by atoms with Gasteiger partial charge in [-0.05, 0) is 11.8 Å². The van der Waals surface area contributed by atoms with E-state index in [0.29, 0.717) is 0 Å². The van der Waals surface area contributed by atoms with Crippen LogP contribution in [0.4, 0.5) is 0 Å². The van der Waals surface area contributed by atoms with Crippen molar-refractivity contribution in [2.24, 2.45) is 11.8 Å². The van der Waals surface area contributed by atoms with E-state index < -0.39 is 0 Å². The van der Waals surface area contributed by atoms with Gasteiger partial charge in [0.05, 0.1) is 0 Å². The lowest BCUT2D eigenvalue weighted by Gasteiger charge is -2.32. The first-order chi connectivity index (χ1) is 7.38. The van der Waals surface area contributed by atoms with Crippen molar-refractivity contribution in [3.05, 3.63) is 0 Å². The third kappa shape index (κ3) is 4.61. The predicted molar refractivity (Wildman–Crippen MR) is 61.6 cm³/mol. The zero-order valence-electron chi connectivity index (χ0n) is 9.63. The third-order valence-electron chi connectivity index (χ3n) is 3.97. The minimum atomic E-state index is 0.750. The second kappa shape index (κ2) is 7.64. The second-order valence-corrected chi connectivity index (χ2v) is 4.90. The lowest BCUT2D eigenvalue weighted by molar-refractivity contribution is 0.196. The molecule has 0 aromatic carbocycles. The van der Waals surface area contributed by atoms with Crippen molar-refractivity contribution in [1.29, 1.82) is 5.41 Å². The third-order valence-corrected chi connectivity index (χ3v) is 3.97. The monoisotopic (exact) mass is 209 g/mol. The molecule has 0 aliphatic heterocycles. The van der Waals surface area contributed by atoms with Gasteiger partial charge >= 0.3 is 0 Å². The summed E-state index contributed by atoms with van der Waals surface area (Å²) in [4.78, 5) is 8.35. The van der Waals surface area contributed by atoms with Crippen LogP contribution in [0.5, 0.6) is 0 Å². The van der Waals surface area contributed by atoms with Gasteiger partial charge in [0.25, 0.3) is 0 Å². The molecule has 2 nitrogen and oxygen atoms in total. The second-order valence-electron chi connectivity index (χ2n) is 4.90. The molecule has 0 heterocycles. The molecule has 0 radical (unpaired) electrons. The Morgan fingerprint density at radius 1 is 0.733 bits per heavy atom. The Bertz CT molecular complexity index is 169. The number of hydrogen-bond donors (Lipinski definition) is 1. The van der Waals surface area contributed by atoms with Crippen LogP contribution < -0.4 is 0 Å². The van der Waals surface area contributed by atoms with Crippen molar-refractivity contribution in [2.75, 3.05) is 0 Å². The van der Waals surface area contributed by atoms with Crippen molar-refractivity contribution in [3.8, 4) is 0 Å². The Balaban J connectivity index is 0.000000337. The molecule has 0 spiro atoms. The smallest absolute Gasteiger partial charge is 0.222 e. The zero-order valence-corrected chi connectivity index (χ0v) is 9.63. The molecule has 0 aromatic heterocycles. The molecule has 2 rings (SSSR count). The van der Waals surface area contributed by atoms with Crippen LogP contribution in [0.3, 0.4) is 0 Å². The molecule has 0 saturated heterocycles. The number of rotatable bonds is 1. The average Bonchev–Trinajstić information content (AvgIpc) is 2.32. The Morgan fingerprint density at radius 2 is 1.00 bits per heavy atom. The summed E-state index contributed by atoms with van der Waals surface area (Å²) in [5.74, 6) is 2.28. The Labute approximate surface area is 93.0 Å².